The van der Waals surface area contributed by atoms with E-state index in [1.54, 1.807) is 0 Å². The molecule has 78 heavy (non-hydrogen) atoms. The van der Waals surface area contributed by atoms with Crippen LogP contribution in [0.2, 0.25) is 0 Å². The highest BCUT2D eigenvalue weighted by Crippen LogP contribution is 2.18. The normalized spacial score (nSPS) is 12.3. The minimum atomic E-state index is -0.780. The summed E-state index contributed by atoms with van der Waals surface area (Å²) >= 11 is 0. The van der Waals surface area contributed by atoms with E-state index in [1.807, 2.05) is 0 Å². The van der Waals surface area contributed by atoms with Crippen LogP contribution in [0.5, 0.6) is 0 Å². The number of ether oxygens (including phenoxy) is 3. The maximum Gasteiger partial charge on any atom is 0.306 e. The third kappa shape index (κ3) is 64.2. The first-order valence-electron chi connectivity index (χ1n) is 34.6. The van der Waals surface area contributed by atoms with Gasteiger partial charge < -0.3 is 14.2 Å². The Bertz CT molecular complexity index is 1350. The van der Waals surface area contributed by atoms with Crippen LogP contribution in [0.25, 0.3) is 0 Å². The van der Waals surface area contributed by atoms with Crippen LogP contribution in [0.1, 0.15) is 374 Å². The van der Waals surface area contributed by atoms with Crippen molar-refractivity contribution in [2.75, 3.05) is 13.2 Å². The van der Waals surface area contributed by atoms with Crippen LogP contribution in [-0.4, -0.2) is 37.2 Å². The molecule has 0 bridgehead atoms. The molecular formula is C72H132O6. The molecule has 0 aromatic carbocycles. The van der Waals surface area contributed by atoms with Gasteiger partial charge in [-0.1, -0.05) is 307 Å². The molecule has 0 amide bonds. The van der Waals surface area contributed by atoms with Crippen LogP contribution in [0, 0.1) is 0 Å². The number of carbonyl (C=O) groups is 3. The van der Waals surface area contributed by atoms with Crippen LogP contribution in [-0.2, 0) is 28.6 Å². The first-order valence-corrected chi connectivity index (χ1v) is 34.6. The Morgan fingerprint density at radius 1 is 0.256 bits per heavy atom. The van der Waals surface area contributed by atoms with Gasteiger partial charge in [-0.05, 0) is 96.3 Å². The van der Waals surface area contributed by atoms with Crippen molar-refractivity contribution in [3.63, 3.8) is 0 Å². The van der Waals surface area contributed by atoms with Gasteiger partial charge in [0, 0.05) is 19.3 Å². The average Bonchev–Trinajstić information content (AvgIpc) is 3.44. The van der Waals surface area contributed by atoms with Gasteiger partial charge in [0.05, 0.1) is 0 Å². The van der Waals surface area contributed by atoms with Gasteiger partial charge in [0.1, 0.15) is 13.2 Å². The molecule has 1 unspecified atom stereocenters. The lowest BCUT2D eigenvalue weighted by Crippen LogP contribution is -2.30. The van der Waals surface area contributed by atoms with Crippen LogP contribution >= 0.6 is 0 Å². The second-order valence-corrected chi connectivity index (χ2v) is 23.4. The minimum absolute atomic E-state index is 0.0754. The molecule has 0 aliphatic heterocycles. The van der Waals surface area contributed by atoms with Crippen molar-refractivity contribution < 1.29 is 28.6 Å². The number of carbonyl (C=O) groups excluding carboxylic acids is 3. The SMILES string of the molecule is CCCC/C=C\C/C=C\CCCCCCCC(=O)OCC(COC(=O)CCCCCCCCCCCCC/C=C\CCCCCCCCCC)OC(=O)CCCCCCCCCCCCC/C=C\CCCCCCCCCC. The van der Waals surface area contributed by atoms with Crippen LogP contribution in [0.15, 0.2) is 48.6 Å². The predicted octanol–water partition coefficient (Wildman–Crippen LogP) is 23.7. The molecule has 0 aliphatic rings. The van der Waals surface area contributed by atoms with Gasteiger partial charge in [0.2, 0.25) is 0 Å². The second kappa shape index (κ2) is 66.9. The zero-order valence-electron chi connectivity index (χ0n) is 52.5. The number of esters is 3. The molecule has 0 aromatic heterocycles. The Morgan fingerprint density at radius 2 is 0.474 bits per heavy atom. The molecule has 6 nitrogen and oxygen atoms in total. The molecule has 0 saturated carbocycles. The molecule has 1 atom stereocenters. The van der Waals surface area contributed by atoms with E-state index in [0.29, 0.717) is 19.3 Å². The molecule has 0 N–H and O–H groups in total. The molecule has 6 heteroatoms. The van der Waals surface area contributed by atoms with E-state index in [9.17, 15) is 14.4 Å². The fraction of sp³-hybridized carbons (Fsp3) is 0.847. The van der Waals surface area contributed by atoms with E-state index >= 15 is 0 Å². The number of rotatable bonds is 64. The third-order valence-electron chi connectivity index (χ3n) is 15.5. The molecule has 456 valence electrons. The van der Waals surface area contributed by atoms with Gasteiger partial charge >= 0.3 is 17.9 Å². The number of unbranched alkanes of at least 4 members (excludes halogenated alkanes) is 45. The van der Waals surface area contributed by atoms with Gasteiger partial charge in [0.25, 0.3) is 0 Å². The van der Waals surface area contributed by atoms with Gasteiger partial charge in [-0.3, -0.25) is 14.4 Å². The molecule has 0 heterocycles. The summed E-state index contributed by atoms with van der Waals surface area (Å²) in [6, 6.07) is 0. The highest BCUT2D eigenvalue weighted by atomic mass is 16.6. The lowest BCUT2D eigenvalue weighted by Gasteiger charge is -2.18. The van der Waals surface area contributed by atoms with E-state index in [0.717, 1.165) is 77.0 Å². The van der Waals surface area contributed by atoms with Crippen molar-refractivity contribution in [1.29, 1.82) is 0 Å². The zero-order chi connectivity index (χ0) is 56.4. The molecule has 0 aliphatic carbocycles. The minimum Gasteiger partial charge on any atom is -0.462 e. The maximum absolute atomic E-state index is 12.9. The summed E-state index contributed by atoms with van der Waals surface area (Å²) in [7, 11) is 0. The van der Waals surface area contributed by atoms with Gasteiger partial charge in [-0.15, -0.1) is 0 Å². The lowest BCUT2D eigenvalue weighted by molar-refractivity contribution is -0.167. The molecule has 0 saturated heterocycles. The highest BCUT2D eigenvalue weighted by Gasteiger charge is 2.19. The van der Waals surface area contributed by atoms with E-state index in [1.165, 1.54) is 257 Å². The Kier molecular flexibility index (Phi) is 64.6. The van der Waals surface area contributed by atoms with Crippen molar-refractivity contribution in [3.8, 4) is 0 Å². The van der Waals surface area contributed by atoms with E-state index in [2.05, 4.69) is 69.4 Å². The van der Waals surface area contributed by atoms with Gasteiger partial charge in [0.15, 0.2) is 6.10 Å². The van der Waals surface area contributed by atoms with Crippen LogP contribution in [0.3, 0.4) is 0 Å². The predicted molar refractivity (Wildman–Crippen MR) is 339 cm³/mol. The zero-order valence-corrected chi connectivity index (χ0v) is 52.5. The Morgan fingerprint density at radius 3 is 0.756 bits per heavy atom. The average molecular weight is 1090 g/mol. The van der Waals surface area contributed by atoms with E-state index < -0.39 is 6.10 Å². The summed E-state index contributed by atoms with van der Waals surface area (Å²) in [6.45, 7) is 6.65. The summed E-state index contributed by atoms with van der Waals surface area (Å²) in [4.78, 5) is 38.4. The van der Waals surface area contributed by atoms with E-state index in [-0.39, 0.29) is 31.1 Å². The van der Waals surface area contributed by atoms with Crippen molar-refractivity contribution in [3.05, 3.63) is 48.6 Å². The monoisotopic (exact) mass is 1090 g/mol. The number of allylic oxidation sites excluding steroid dienone is 8. The second-order valence-electron chi connectivity index (χ2n) is 23.4. The first kappa shape index (κ1) is 75.4. The summed E-state index contributed by atoms with van der Waals surface area (Å²) in [5, 5.41) is 0. The largest absolute Gasteiger partial charge is 0.462 e. The van der Waals surface area contributed by atoms with Crippen molar-refractivity contribution >= 4 is 17.9 Å². The highest BCUT2D eigenvalue weighted by molar-refractivity contribution is 5.71. The molecule has 0 radical (unpaired) electrons. The number of hydrogen-bond acceptors (Lipinski definition) is 6. The summed E-state index contributed by atoms with van der Waals surface area (Å²) in [6.07, 6.45) is 84.2. The Balaban J connectivity index is 4.29. The fourth-order valence-corrected chi connectivity index (χ4v) is 10.3. The topological polar surface area (TPSA) is 78.9 Å². The smallest absolute Gasteiger partial charge is 0.306 e. The van der Waals surface area contributed by atoms with Crippen molar-refractivity contribution in [2.24, 2.45) is 0 Å². The van der Waals surface area contributed by atoms with Crippen LogP contribution in [0.4, 0.5) is 0 Å². The van der Waals surface area contributed by atoms with Crippen LogP contribution < -0.4 is 0 Å². The molecule has 0 aromatic rings. The standard InChI is InChI=1S/C72H132O6/c1-4-7-10-13-16-19-22-25-28-30-32-34-36-38-40-42-44-47-50-53-56-59-62-65-71(74)77-68-69(67-76-70(73)64-61-58-55-52-49-46-27-24-21-18-15-12-9-6-3)78-72(75)66-63-60-57-54-51-48-45-43-41-39-37-35-33-31-29-26-23-20-17-14-11-8-5-2/h15,18,24,27,30-33,69H,4-14,16-17,19-23,25-26,28-29,34-68H2,1-3H3/b18-15-,27-24-,32-30-,33-31-. The third-order valence-corrected chi connectivity index (χ3v) is 15.5. The maximum atomic E-state index is 12.9. The molecule has 0 fully saturated rings. The van der Waals surface area contributed by atoms with Crippen molar-refractivity contribution in [1.82, 2.24) is 0 Å². The Labute approximate surface area is 486 Å². The summed E-state index contributed by atoms with van der Waals surface area (Å²) < 4.78 is 17.0. The first-order chi connectivity index (χ1) is 38.5. The van der Waals surface area contributed by atoms with Gasteiger partial charge in [-0.25, -0.2) is 0 Å². The molecule has 0 rings (SSSR count). The lowest BCUT2D eigenvalue weighted by atomic mass is 10.0. The van der Waals surface area contributed by atoms with Crippen molar-refractivity contribution in [2.45, 2.75) is 380 Å². The van der Waals surface area contributed by atoms with Gasteiger partial charge in [-0.2, -0.15) is 0 Å². The molecule has 0 spiro atoms. The molecular weight excluding hydrogens is 961 g/mol. The Hall–Kier alpha value is -2.63. The quantitative estimate of drug-likeness (QED) is 0.0261. The van der Waals surface area contributed by atoms with E-state index in [4.69, 9.17) is 14.2 Å². The summed E-state index contributed by atoms with van der Waals surface area (Å²) in [5.74, 6) is -0.868. The number of hydrogen-bond donors (Lipinski definition) is 0. The summed E-state index contributed by atoms with van der Waals surface area (Å²) in [5.41, 5.74) is 0. The fourth-order valence-electron chi connectivity index (χ4n) is 10.3.